The van der Waals surface area contributed by atoms with Crippen LogP contribution in [0.2, 0.25) is 0 Å². The molecular weight excluding hydrogens is 457 g/mol. The second-order valence-electron chi connectivity index (χ2n) is 8.94. The van der Waals surface area contributed by atoms with Crippen LogP contribution in [0.25, 0.3) is 0 Å². The van der Waals surface area contributed by atoms with Crippen LogP contribution in [-0.2, 0) is 20.6 Å². The van der Waals surface area contributed by atoms with E-state index < -0.39 is 15.8 Å². The van der Waals surface area contributed by atoms with Gasteiger partial charge in [0.2, 0.25) is 15.9 Å². The third-order valence-corrected chi connectivity index (χ3v) is 8.39. The summed E-state index contributed by atoms with van der Waals surface area (Å²) in [6.07, 6.45) is 3.90. The number of para-hydroxylation sites is 1. The molecule has 2 aliphatic heterocycles. The summed E-state index contributed by atoms with van der Waals surface area (Å²) < 4.78 is 40.0. The summed E-state index contributed by atoms with van der Waals surface area (Å²) in [6.45, 7) is 1.95. The van der Waals surface area contributed by atoms with Crippen LogP contribution in [0.15, 0.2) is 48.5 Å². The second kappa shape index (κ2) is 10.7. The summed E-state index contributed by atoms with van der Waals surface area (Å²) >= 11 is 0. The Balaban J connectivity index is 1.35. The lowest BCUT2D eigenvalue weighted by Crippen LogP contribution is -2.42. The number of anilines is 1. The predicted molar refractivity (Wildman–Crippen MR) is 128 cm³/mol. The van der Waals surface area contributed by atoms with Crippen LogP contribution in [0.3, 0.4) is 0 Å². The molecule has 0 atom stereocenters. The smallest absolute Gasteiger partial charge is 0.255 e. The molecule has 2 amide bonds. The normalized spacial score (nSPS) is 18.0. The van der Waals surface area contributed by atoms with E-state index in [4.69, 9.17) is 0 Å². The third kappa shape index (κ3) is 5.82. The Kier molecular flexibility index (Phi) is 7.63. The van der Waals surface area contributed by atoms with Crippen LogP contribution < -0.4 is 5.32 Å². The lowest BCUT2D eigenvalue weighted by atomic mass is 9.97. The van der Waals surface area contributed by atoms with Crippen molar-refractivity contribution < 1.29 is 22.4 Å². The van der Waals surface area contributed by atoms with Gasteiger partial charge in [0.25, 0.3) is 5.91 Å². The largest absolute Gasteiger partial charge is 0.339 e. The van der Waals surface area contributed by atoms with Crippen molar-refractivity contribution in [2.75, 3.05) is 31.5 Å². The van der Waals surface area contributed by atoms with Crippen molar-refractivity contribution in [2.24, 2.45) is 5.92 Å². The molecule has 2 aliphatic rings. The number of sulfonamides is 1. The van der Waals surface area contributed by atoms with E-state index in [0.717, 1.165) is 32.4 Å². The molecule has 4 rings (SSSR count). The number of carbonyl (C=O) groups is 2. The van der Waals surface area contributed by atoms with Crippen molar-refractivity contribution in [3.63, 3.8) is 0 Å². The zero-order valence-corrected chi connectivity index (χ0v) is 19.9. The van der Waals surface area contributed by atoms with Crippen LogP contribution in [0.5, 0.6) is 0 Å². The standard InChI is InChI=1S/C25H30FN3O4S/c26-21-10-8-19(9-11-21)18-34(32,33)29-16-12-20(13-17-29)24(30)27-23-7-3-2-6-22(23)25(31)28-14-4-1-5-15-28/h2-3,6-11,20H,1,4-5,12-18H2,(H,27,30). The summed E-state index contributed by atoms with van der Waals surface area (Å²) in [6, 6.07) is 12.5. The summed E-state index contributed by atoms with van der Waals surface area (Å²) in [7, 11) is -3.56. The summed E-state index contributed by atoms with van der Waals surface area (Å²) in [5, 5.41) is 2.91. The average Bonchev–Trinajstić information content (AvgIpc) is 2.86. The number of hydrogen-bond donors (Lipinski definition) is 1. The highest BCUT2D eigenvalue weighted by molar-refractivity contribution is 7.88. The summed E-state index contributed by atoms with van der Waals surface area (Å²) in [5.41, 5.74) is 1.50. The predicted octanol–water partition coefficient (Wildman–Crippen LogP) is 3.63. The number of nitrogens with zero attached hydrogens (tertiary/aromatic N) is 2. The molecule has 0 unspecified atom stereocenters. The molecule has 34 heavy (non-hydrogen) atoms. The van der Waals surface area contributed by atoms with Gasteiger partial charge in [-0.25, -0.2) is 17.1 Å². The van der Waals surface area contributed by atoms with E-state index in [2.05, 4.69) is 5.32 Å². The number of piperidine rings is 2. The van der Waals surface area contributed by atoms with Gasteiger partial charge in [-0.1, -0.05) is 24.3 Å². The summed E-state index contributed by atoms with van der Waals surface area (Å²) in [4.78, 5) is 27.8. The number of nitrogens with one attached hydrogen (secondary N) is 1. The molecule has 0 radical (unpaired) electrons. The first-order valence-electron chi connectivity index (χ1n) is 11.7. The lowest BCUT2D eigenvalue weighted by molar-refractivity contribution is -0.120. The van der Waals surface area contributed by atoms with E-state index in [1.807, 2.05) is 4.90 Å². The van der Waals surface area contributed by atoms with E-state index in [-0.39, 0.29) is 36.6 Å². The fourth-order valence-corrected chi connectivity index (χ4v) is 6.12. The van der Waals surface area contributed by atoms with Gasteiger partial charge in [-0.2, -0.15) is 0 Å². The van der Waals surface area contributed by atoms with Crippen LogP contribution >= 0.6 is 0 Å². The number of halogens is 1. The molecule has 7 nitrogen and oxygen atoms in total. The fourth-order valence-electron chi connectivity index (χ4n) is 4.56. The second-order valence-corrected chi connectivity index (χ2v) is 10.9. The van der Waals surface area contributed by atoms with Crippen LogP contribution in [-0.4, -0.2) is 55.6 Å². The molecule has 0 aromatic heterocycles. The first-order chi connectivity index (χ1) is 16.3. The highest BCUT2D eigenvalue weighted by Gasteiger charge is 2.32. The van der Waals surface area contributed by atoms with Gasteiger partial charge in [0.05, 0.1) is 17.0 Å². The van der Waals surface area contributed by atoms with Gasteiger partial charge in [-0.15, -0.1) is 0 Å². The minimum absolute atomic E-state index is 0.0719. The van der Waals surface area contributed by atoms with Crippen molar-refractivity contribution in [1.82, 2.24) is 9.21 Å². The Bertz CT molecular complexity index is 1120. The molecule has 1 N–H and O–H groups in total. The Labute approximate surface area is 200 Å². The highest BCUT2D eigenvalue weighted by atomic mass is 32.2. The molecule has 0 spiro atoms. The minimum atomic E-state index is -3.56. The van der Waals surface area contributed by atoms with Crippen molar-refractivity contribution in [2.45, 2.75) is 37.9 Å². The van der Waals surface area contributed by atoms with Crippen LogP contribution in [0.1, 0.15) is 48.0 Å². The maximum atomic E-state index is 13.1. The van der Waals surface area contributed by atoms with E-state index in [9.17, 15) is 22.4 Å². The molecule has 2 fully saturated rings. The van der Waals surface area contributed by atoms with E-state index in [1.165, 1.54) is 28.6 Å². The zero-order valence-electron chi connectivity index (χ0n) is 19.1. The van der Waals surface area contributed by atoms with Crippen LogP contribution in [0.4, 0.5) is 10.1 Å². The molecule has 182 valence electrons. The van der Waals surface area contributed by atoms with Gasteiger partial charge in [-0.3, -0.25) is 9.59 Å². The van der Waals surface area contributed by atoms with Gasteiger partial charge in [0.1, 0.15) is 5.82 Å². The Morgan fingerprint density at radius 1 is 0.912 bits per heavy atom. The van der Waals surface area contributed by atoms with E-state index in [1.54, 1.807) is 24.3 Å². The van der Waals surface area contributed by atoms with Gasteiger partial charge in [-0.05, 0) is 61.9 Å². The zero-order chi connectivity index (χ0) is 24.1. The minimum Gasteiger partial charge on any atom is -0.339 e. The number of hydrogen-bond acceptors (Lipinski definition) is 4. The molecule has 0 bridgehead atoms. The quantitative estimate of drug-likeness (QED) is 0.674. The van der Waals surface area contributed by atoms with Crippen molar-refractivity contribution >= 4 is 27.5 Å². The van der Waals surface area contributed by atoms with Crippen molar-refractivity contribution in [1.29, 1.82) is 0 Å². The van der Waals surface area contributed by atoms with Gasteiger partial charge in [0, 0.05) is 32.1 Å². The SMILES string of the molecule is O=C(Nc1ccccc1C(=O)N1CCCCC1)C1CCN(S(=O)(=O)Cc2ccc(F)cc2)CC1. The molecule has 2 aromatic carbocycles. The maximum Gasteiger partial charge on any atom is 0.255 e. The number of amides is 2. The molecule has 2 saturated heterocycles. The maximum absolute atomic E-state index is 13.1. The van der Waals surface area contributed by atoms with Gasteiger partial charge >= 0.3 is 0 Å². The Morgan fingerprint density at radius 2 is 1.56 bits per heavy atom. The number of rotatable bonds is 6. The topological polar surface area (TPSA) is 86.8 Å². The van der Waals surface area contributed by atoms with E-state index in [0.29, 0.717) is 29.7 Å². The van der Waals surface area contributed by atoms with Gasteiger partial charge < -0.3 is 10.2 Å². The van der Waals surface area contributed by atoms with Crippen molar-refractivity contribution in [3.05, 3.63) is 65.5 Å². The lowest BCUT2D eigenvalue weighted by Gasteiger charge is -2.31. The Morgan fingerprint density at radius 3 is 2.24 bits per heavy atom. The number of benzene rings is 2. The van der Waals surface area contributed by atoms with Crippen molar-refractivity contribution in [3.8, 4) is 0 Å². The average molecular weight is 488 g/mol. The molecule has 2 heterocycles. The number of carbonyl (C=O) groups excluding carboxylic acids is 2. The molecule has 9 heteroatoms. The van der Waals surface area contributed by atoms with E-state index >= 15 is 0 Å². The summed E-state index contributed by atoms with van der Waals surface area (Å²) in [5.74, 6) is -1.22. The molecular formula is C25H30FN3O4S. The monoisotopic (exact) mass is 487 g/mol. The number of likely N-dealkylation sites (tertiary alicyclic amines) is 1. The molecule has 2 aromatic rings. The highest BCUT2D eigenvalue weighted by Crippen LogP contribution is 2.25. The fraction of sp³-hybridized carbons (Fsp3) is 0.440. The molecule has 0 saturated carbocycles. The first-order valence-corrected chi connectivity index (χ1v) is 13.4. The van der Waals surface area contributed by atoms with Gasteiger partial charge in [0.15, 0.2) is 0 Å². The first kappa shape index (κ1) is 24.3. The third-order valence-electron chi connectivity index (χ3n) is 6.54. The van der Waals surface area contributed by atoms with Crippen LogP contribution in [0, 0.1) is 11.7 Å². The molecule has 0 aliphatic carbocycles. The Hall–Kier alpha value is -2.78.